The number of nitrogens with zero attached hydrogens (tertiary/aromatic N) is 1. The van der Waals surface area contributed by atoms with E-state index >= 15 is 0 Å². The maximum atomic E-state index is 12.4. The minimum Gasteiger partial charge on any atom is -0.395 e. The van der Waals surface area contributed by atoms with E-state index in [-0.39, 0.29) is 13.2 Å². The number of aliphatic hydroxyl groups is 1. The molecule has 1 rings (SSSR count). The molecule has 1 aromatic carbocycles. The Morgan fingerprint density at radius 3 is 2.50 bits per heavy atom. The van der Waals surface area contributed by atoms with E-state index in [1.807, 2.05) is 6.92 Å². The maximum Gasteiger partial charge on any atom is 0.255 e. The van der Waals surface area contributed by atoms with E-state index in [1.165, 1.54) is 0 Å². The highest BCUT2D eigenvalue weighted by atomic mass is 19.3. The average Bonchev–Trinajstić information content (AvgIpc) is 2.44. The van der Waals surface area contributed by atoms with Crippen molar-refractivity contribution >= 4 is 11.6 Å². The Hall–Kier alpha value is -1.69. The van der Waals surface area contributed by atoms with Gasteiger partial charge in [0.1, 0.15) is 0 Å². The molecule has 112 valence electrons. The molecule has 0 radical (unpaired) electrons. The summed E-state index contributed by atoms with van der Waals surface area (Å²) in [4.78, 5) is 13.0. The van der Waals surface area contributed by atoms with Gasteiger partial charge in [0, 0.05) is 24.3 Å². The molecule has 0 aliphatic carbocycles. The van der Waals surface area contributed by atoms with Gasteiger partial charge in [-0.1, -0.05) is 6.92 Å². The Kier molecular flexibility index (Phi) is 6.93. The lowest BCUT2D eigenvalue weighted by Gasteiger charge is -2.21. The monoisotopic (exact) mass is 286 g/mol. The maximum absolute atomic E-state index is 12.4. The molecule has 1 amide bonds. The number of anilines is 1. The van der Waals surface area contributed by atoms with Crippen molar-refractivity contribution in [1.29, 1.82) is 0 Å². The zero-order valence-corrected chi connectivity index (χ0v) is 11.5. The second kappa shape index (κ2) is 8.47. The van der Waals surface area contributed by atoms with Crippen molar-refractivity contribution in [3.63, 3.8) is 0 Å². The summed E-state index contributed by atoms with van der Waals surface area (Å²) in [7, 11) is 0. The number of hydrogen-bond donors (Lipinski definition) is 2. The number of halogens is 2. The highest BCUT2D eigenvalue weighted by Gasteiger charge is 2.19. The highest BCUT2D eigenvalue weighted by molar-refractivity contribution is 5.94. The van der Waals surface area contributed by atoms with Crippen LogP contribution in [0.25, 0.3) is 0 Å². The van der Waals surface area contributed by atoms with Crippen LogP contribution in [0.3, 0.4) is 0 Å². The minimum atomic E-state index is -2.61. The van der Waals surface area contributed by atoms with Crippen LogP contribution in [0.2, 0.25) is 0 Å². The van der Waals surface area contributed by atoms with Crippen LogP contribution < -0.4 is 5.32 Å². The van der Waals surface area contributed by atoms with Crippen LogP contribution >= 0.6 is 0 Å². The Balaban J connectivity index is 2.73. The SMILES string of the molecule is CCCNc1ccc(C(=O)N(CCO)CC(F)F)cc1. The fraction of sp³-hybridized carbons (Fsp3) is 0.500. The first-order valence-corrected chi connectivity index (χ1v) is 6.60. The lowest BCUT2D eigenvalue weighted by Crippen LogP contribution is -2.37. The van der Waals surface area contributed by atoms with Gasteiger partial charge in [-0.15, -0.1) is 0 Å². The summed E-state index contributed by atoms with van der Waals surface area (Å²) < 4.78 is 24.8. The molecular formula is C14H20F2N2O2. The van der Waals surface area contributed by atoms with E-state index in [1.54, 1.807) is 24.3 Å². The van der Waals surface area contributed by atoms with Gasteiger partial charge < -0.3 is 15.3 Å². The lowest BCUT2D eigenvalue weighted by atomic mass is 10.1. The second-order valence-electron chi connectivity index (χ2n) is 4.37. The molecule has 0 aromatic heterocycles. The van der Waals surface area contributed by atoms with Crippen LogP contribution in [0.15, 0.2) is 24.3 Å². The molecular weight excluding hydrogens is 266 g/mol. The van der Waals surface area contributed by atoms with Crippen molar-refractivity contribution in [1.82, 2.24) is 4.90 Å². The zero-order chi connectivity index (χ0) is 15.0. The molecule has 4 nitrogen and oxygen atoms in total. The fourth-order valence-corrected chi connectivity index (χ4v) is 1.75. The lowest BCUT2D eigenvalue weighted by molar-refractivity contribution is 0.0509. The van der Waals surface area contributed by atoms with E-state index in [0.717, 1.165) is 23.6 Å². The number of benzene rings is 1. The van der Waals surface area contributed by atoms with Crippen LogP contribution in [0, 0.1) is 0 Å². The Bertz CT molecular complexity index is 410. The normalized spacial score (nSPS) is 10.7. The van der Waals surface area contributed by atoms with Crippen LogP contribution in [0.4, 0.5) is 14.5 Å². The Labute approximate surface area is 117 Å². The van der Waals surface area contributed by atoms with E-state index in [4.69, 9.17) is 5.11 Å². The molecule has 0 unspecified atom stereocenters. The van der Waals surface area contributed by atoms with E-state index in [0.29, 0.717) is 5.56 Å². The van der Waals surface area contributed by atoms with Crippen LogP contribution in [0.1, 0.15) is 23.7 Å². The first-order chi connectivity index (χ1) is 9.58. The quantitative estimate of drug-likeness (QED) is 0.770. The molecule has 1 aromatic rings. The molecule has 0 heterocycles. The third-order valence-electron chi connectivity index (χ3n) is 2.73. The first-order valence-electron chi connectivity index (χ1n) is 6.60. The average molecular weight is 286 g/mol. The number of aliphatic hydroxyl groups excluding tert-OH is 1. The summed E-state index contributed by atoms with van der Waals surface area (Å²) in [5.41, 5.74) is 1.21. The first kappa shape index (κ1) is 16.4. The van der Waals surface area contributed by atoms with E-state index in [2.05, 4.69) is 5.32 Å². The molecule has 0 saturated heterocycles. The van der Waals surface area contributed by atoms with Crippen LogP contribution in [0.5, 0.6) is 0 Å². The smallest absolute Gasteiger partial charge is 0.255 e. The largest absolute Gasteiger partial charge is 0.395 e. The van der Waals surface area contributed by atoms with Gasteiger partial charge in [-0.2, -0.15) is 0 Å². The molecule has 0 aliphatic heterocycles. The van der Waals surface area contributed by atoms with Crippen molar-refractivity contribution in [3.8, 4) is 0 Å². The van der Waals surface area contributed by atoms with E-state index < -0.39 is 18.9 Å². The van der Waals surface area contributed by atoms with Gasteiger partial charge >= 0.3 is 0 Å². The topological polar surface area (TPSA) is 52.6 Å². The predicted octanol–water partition coefficient (Wildman–Crippen LogP) is 2.21. The zero-order valence-electron chi connectivity index (χ0n) is 11.5. The number of alkyl halides is 2. The standard InChI is InChI=1S/C14H20F2N2O2/c1-2-7-17-12-5-3-11(4-6-12)14(20)18(8-9-19)10-13(15)16/h3-6,13,17,19H,2,7-10H2,1H3. The van der Waals surface area contributed by atoms with Gasteiger partial charge in [0.05, 0.1) is 13.2 Å². The van der Waals surface area contributed by atoms with E-state index in [9.17, 15) is 13.6 Å². The molecule has 6 heteroatoms. The molecule has 0 spiro atoms. The van der Waals surface area contributed by atoms with Gasteiger partial charge in [0.25, 0.3) is 12.3 Å². The summed E-state index contributed by atoms with van der Waals surface area (Å²) in [6, 6.07) is 6.66. The van der Waals surface area contributed by atoms with Crippen molar-refractivity contribution in [3.05, 3.63) is 29.8 Å². The number of carbonyl (C=O) groups excluding carboxylic acids is 1. The van der Waals surface area contributed by atoms with Gasteiger partial charge in [0.2, 0.25) is 0 Å². The molecule has 0 aliphatic rings. The molecule has 20 heavy (non-hydrogen) atoms. The number of hydrogen-bond acceptors (Lipinski definition) is 3. The molecule has 2 N–H and O–H groups in total. The Morgan fingerprint density at radius 2 is 2.00 bits per heavy atom. The summed E-state index contributed by atoms with van der Waals surface area (Å²) in [6.07, 6.45) is -1.63. The molecule has 0 fully saturated rings. The van der Waals surface area contributed by atoms with Gasteiger partial charge in [-0.25, -0.2) is 8.78 Å². The van der Waals surface area contributed by atoms with Gasteiger partial charge in [0.15, 0.2) is 0 Å². The summed E-state index contributed by atoms with van der Waals surface area (Å²) >= 11 is 0. The van der Waals surface area contributed by atoms with Crippen molar-refractivity contribution in [2.45, 2.75) is 19.8 Å². The highest BCUT2D eigenvalue weighted by Crippen LogP contribution is 2.12. The van der Waals surface area contributed by atoms with Crippen molar-refractivity contribution in [2.24, 2.45) is 0 Å². The third kappa shape index (κ3) is 5.13. The van der Waals surface area contributed by atoms with Crippen molar-refractivity contribution < 1.29 is 18.7 Å². The molecule has 0 bridgehead atoms. The summed E-state index contributed by atoms with van der Waals surface area (Å²) in [6.45, 7) is 1.76. The fourth-order valence-electron chi connectivity index (χ4n) is 1.75. The number of nitrogens with one attached hydrogen (secondary N) is 1. The number of rotatable bonds is 8. The summed E-state index contributed by atoms with van der Waals surface area (Å²) in [5, 5.41) is 12.0. The van der Waals surface area contributed by atoms with Crippen LogP contribution in [-0.2, 0) is 0 Å². The Morgan fingerprint density at radius 1 is 1.35 bits per heavy atom. The van der Waals surface area contributed by atoms with Gasteiger partial charge in [-0.3, -0.25) is 4.79 Å². The molecule has 0 atom stereocenters. The third-order valence-corrected chi connectivity index (χ3v) is 2.73. The van der Waals surface area contributed by atoms with Crippen molar-refractivity contribution in [2.75, 3.05) is 31.6 Å². The number of carbonyl (C=O) groups is 1. The van der Waals surface area contributed by atoms with Crippen LogP contribution in [-0.4, -0.2) is 48.6 Å². The molecule has 0 saturated carbocycles. The van der Waals surface area contributed by atoms with Gasteiger partial charge in [-0.05, 0) is 30.7 Å². The predicted molar refractivity (Wildman–Crippen MR) is 74.2 cm³/mol. The minimum absolute atomic E-state index is 0.0982. The summed E-state index contributed by atoms with van der Waals surface area (Å²) in [5.74, 6) is -0.499. The number of amides is 1. The second-order valence-corrected chi connectivity index (χ2v) is 4.37.